The van der Waals surface area contributed by atoms with Gasteiger partial charge < -0.3 is 24.3 Å². The van der Waals surface area contributed by atoms with Crippen molar-refractivity contribution >= 4 is 11.6 Å². The molecule has 1 amide bonds. The molecule has 1 aromatic heterocycles. The predicted octanol–water partition coefficient (Wildman–Crippen LogP) is 4.32. The first-order chi connectivity index (χ1) is 15.0. The molecule has 2 spiro atoms. The first-order valence-corrected chi connectivity index (χ1v) is 11.6. The summed E-state index contributed by atoms with van der Waals surface area (Å²) in [6.07, 6.45) is 6.67. The van der Waals surface area contributed by atoms with Crippen LogP contribution in [0.2, 0.25) is 0 Å². The first kappa shape index (κ1) is 20.4. The minimum Gasteiger partial charge on any atom is -0.497 e. The van der Waals surface area contributed by atoms with Gasteiger partial charge in [0.05, 0.1) is 36.4 Å². The molecular formula is C25H33N3O3. The average molecular weight is 424 g/mol. The van der Waals surface area contributed by atoms with Crippen LogP contribution in [0, 0.1) is 5.92 Å². The maximum absolute atomic E-state index is 12.8. The molecular weight excluding hydrogens is 390 g/mol. The Hall–Kier alpha value is -2.47. The Bertz CT molecular complexity index is 972. The number of nitrogens with zero attached hydrogens (tertiary/aromatic N) is 2. The number of methoxy groups -OCH3 is 1. The number of benzene rings is 1. The van der Waals surface area contributed by atoms with Gasteiger partial charge in [0, 0.05) is 37.7 Å². The number of hydrogen-bond donors (Lipinski definition) is 1. The van der Waals surface area contributed by atoms with Gasteiger partial charge in [0.1, 0.15) is 11.3 Å². The summed E-state index contributed by atoms with van der Waals surface area (Å²) in [7, 11) is 1.70. The van der Waals surface area contributed by atoms with E-state index in [4.69, 9.17) is 9.47 Å². The largest absolute Gasteiger partial charge is 0.497 e. The van der Waals surface area contributed by atoms with Crippen molar-refractivity contribution in [2.45, 2.75) is 57.1 Å². The molecule has 1 aromatic carbocycles. The zero-order valence-corrected chi connectivity index (χ0v) is 18.8. The number of nitrogens with one attached hydrogen (secondary N) is 1. The maximum Gasteiger partial charge on any atom is 0.225 e. The molecule has 3 aliphatic rings. The van der Waals surface area contributed by atoms with E-state index >= 15 is 0 Å². The Morgan fingerprint density at radius 2 is 2.00 bits per heavy atom. The first-order valence-electron chi connectivity index (χ1n) is 11.6. The van der Waals surface area contributed by atoms with Crippen molar-refractivity contribution in [3.63, 3.8) is 0 Å². The molecule has 2 fully saturated rings. The fraction of sp³-hybridized carbons (Fsp3) is 0.560. The van der Waals surface area contributed by atoms with Gasteiger partial charge in [0.25, 0.3) is 0 Å². The summed E-state index contributed by atoms with van der Waals surface area (Å²) in [6.45, 7) is 6.43. The highest BCUT2D eigenvalue weighted by molar-refractivity contribution is 5.79. The number of carbonyl (C=O) groups is 1. The smallest absolute Gasteiger partial charge is 0.225 e. The second kappa shape index (κ2) is 7.59. The lowest BCUT2D eigenvalue weighted by Crippen LogP contribution is -2.49. The molecule has 166 valence electrons. The molecule has 5 rings (SSSR count). The highest BCUT2D eigenvalue weighted by atomic mass is 16.5. The van der Waals surface area contributed by atoms with Gasteiger partial charge in [-0.25, -0.2) is 0 Å². The van der Waals surface area contributed by atoms with Crippen LogP contribution in [0.1, 0.15) is 51.6 Å². The van der Waals surface area contributed by atoms with Gasteiger partial charge in [-0.15, -0.1) is 0 Å². The molecule has 0 aliphatic carbocycles. The quantitative estimate of drug-likeness (QED) is 0.796. The summed E-state index contributed by atoms with van der Waals surface area (Å²) in [4.78, 5) is 14.9. The molecule has 2 saturated heterocycles. The van der Waals surface area contributed by atoms with Crippen LogP contribution >= 0.6 is 0 Å². The lowest BCUT2D eigenvalue weighted by molar-refractivity contribution is -0.140. The van der Waals surface area contributed by atoms with Gasteiger partial charge in [-0.05, 0) is 49.9 Å². The van der Waals surface area contributed by atoms with Gasteiger partial charge in [-0.3, -0.25) is 4.79 Å². The molecule has 6 nitrogen and oxygen atoms in total. The van der Waals surface area contributed by atoms with Crippen LogP contribution in [0.3, 0.4) is 0 Å². The minimum absolute atomic E-state index is 0.152. The van der Waals surface area contributed by atoms with Gasteiger partial charge in [-0.1, -0.05) is 13.8 Å². The van der Waals surface area contributed by atoms with Crippen LogP contribution in [0.25, 0.3) is 5.69 Å². The summed E-state index contributed by atoms with van der Waals surface area (Å²) in [5, 5.41) is 3.83. The van der Waals surface area contributed by atoms with E-state index in [1.54, 1.807) is 7.11 Å². The van der Waals surface area contributed by atoms with E-state index in [-0.39, 0.29) is 17.1 Å². The van der Waals surface area contributed by atoms with Crippen LogP contribution in [-0.4, -0.2) is 47.8 Å². The monoisotopic (exact) mass is 423 g/mol. The van der Waals surface area contributed by atoms with Gasteiger partial charge in [0.15, 0.2) is 0 Å². The van der Waals surface area contributed by atoms with Gasteiger partial charge >= 0.3 is 0 Å². The van der Waals surface area contributed by atoms with Crippen molar-refractivity contribution in [1.82, 2.24) is 9.47 Å². The molecule has 0 saturated carbocycles. The van der Waals surface area contributed by atoms with E-state index in [1.165, 1.54) is 5.69 Å². The Morgan fingerprint density at radius 1 is 1.23 bits per heavy atom. The zero-order valence-electron chi connectivity index (χ0n) is 18.8. The Balaban J connectivity index is 1.37. The zero-order chi connectivity index (χ0) is 21.6. The maximum atomic E-state index is 12.8. The van der Waals surface area contributed by atoms with Crippen LogP contribution in [-0.2, 0) is 15.1 Å². The molecule has 31 heavy (non-hydrogen) atoms. The number of anilines is 1. The Kier molecular flexibility index (Phi) is 5.00. The molecule has 4 heterocycles. The van der Waals surface area contributed by atoms with E-state index in [2.05, 4.69) is 59.1 Å². The average Bonchev–Trinajstić information content (AvgIpc) is 3.42. The number of rotatable bonds is 4. The van der Waals surface area contributed by atoms with Crippen LogP contribution < -0.4 is 10.1 Å². The van der Waals surface area contributed by atoms with Crippen molar-refractivity contribution in [3.05, 3.63) is 42.2 Å². The minimum atomic E-state index is -0.260. The summed E-state index contributed by atoms with van der Waals surface area (Å²) >= 11 is 0. The third-order valence-corrected chi connectivity index (χ3v) is 7.65. The number of ether oxygens (including phenoxy) is 2. The lowest BCUT2D eigenvalue weighted by Gasteiger charge is -2.42. The van der Waals surface area contributed by atoms with E-state index in [0.29, 0.717) is 12.5 Å². The normalized spacial score (nSPS) is 23.7. The molecule has 2 aromatic rings. The number of fused-ring (bicyclic) bond motifs is 4. The fourth-order valence-electron chi connectivity index (χ4n) is 5.78. The summed E-state index contributed by atoms with van der Waals surface area (Å²) in [6, 6.07) is 10.5. The molecule has 1 atom stereocenters. The topological polar surface area (TPSA) is 55.7 Å². The van der Waals surface area contributed by atoms with Crippen molar-refractivity contribution in [2.75, 3.05) is 32.1 Å². The van der Waals surface area contributed by atoms with E-state index < -0.39 is 0 Å². The molecule has 6 heteroatoms. The summed E-state index contributed by atoms with van der Waals surface area (Å²) in [5.41, 5.74) is 3.02. The van der Waals surface area contributed by atoms with Gasteiger partial charge in [0.2, 0.25) is 5.91 Å². The highest BCUT2D eigenvalue weighted by Crippen LogP contribution is 2.50. The number of carbonyl (C=O) groups excluding carboxylic acids is 1. The Labute approximate surface area is 184 Å². The second-order valence-electron chi connectivity index (χ2n) is 9.34. The predicted molar refractivity (Wildman–Crippen MR) is 121 cm³/mol. The number of amides is 1. The Morgan fingerprint density at radius 3 is 2.71 bits per heavy atom. The van der Waals surface area contributed by atoms with Crippen molar-refractivity contribution in [2.24, 2.45) is 5.92 Å². The fourth-order valence-corrected chi connectivity index (χ4v) is 5.78. The summed E-state index contributed by atoms with van der Waals surface area (Å²) < 4.78 is 14.3. The van der Waals surface area contributed by atoms with E-state index in [0.717, 1.165) is 62.3 Å². The van der Waals surface area contributed by atoms with E-state index in [9.17, 15) is 4.79 Å². The van der Waals surface area contributed by atoms with Crippen LogP contribution in [0.5, 0.6) is 5.75 Å². The number of hydrogen-bond acceptors (Lipinski definition) is 4. The molecule has 3 aliphatic heterocycles. The highest BCUT2D eigenvalue weighted by Gasteiger charge is 2.54. The number of aromatic nitrogens is 1. The molecule has 0 bridgehead atoms. The molecule has 0 unspecified atom stereocenters. The molecule has 0 radical (unpaired) electrons. The second-order valence-corrected chi connectivity index (χ2v) is 9.34. The van der Waals surface area contributed by atoms with Crippen molar-refractivity contribution in [1.29, 1.82) is 0 Å². The van der Waals surface area contributed by atoms with Crippen LogP contribution in [0.4, 0.5) is 5.69 Å². The standard InChI is InChI=1S/C25H33N3O3/c1-4-18(5-2)23(29)27-13-10-24(11-14-27)16-25(17-31-24)22-7-6-12-28(22)21-9-8-19(30-3)15-20(21)26-25/h6-9,12,15,18,26H,4-5,10-11,13-14,16-17H2,1-3H3/t25-/m1/s1. The number of likely N-dealkylation sites (tertiary alicyclic amines) is 1. The summed E-state index contributed by atoms with van der Waals surface area (Å²) in [5.74, 6) is 1.32. The van der Waals surface area contributed by atoms with Crippen LogP contribution in [0.15, 0.2) is 36.5 Å². The van der Waals surface area contributed by atoms with Crippen molar-refractivity contribution < 1.29 is 14.3 Å². The number of piperidine rings is 1. The molecule has 1 N–H and O–H groups in total. The van der Waals surface area contributed by atoms with Gasteiger partial charge in [-0.2, -0.15) is 0 Å². The lowest BCUT2D eigenvalue weighted by atomic mass is 9.79. The van der Waals surface area contributed by atoms with E-state index in [1.807, 2.05) is 6.07 Å². The third kappa shape index (κ3) is 3.23. The third-order valence-electron chi connectivity index (χ3n) is 7.65. The van der Waals surface area contributed by atoms with Crippen molar-refractivity contribution in [3.8, 4) is 11.4 Å². The SMILES string of the molecule is CCC(CC)C(=O)N1CCC2(CC1)C[C@]1(CO2)Nc2cc(OC)ccc2-n2cccc21.